The molecule has 1 fully saturated rings. The van der Waals surface area contributed by atoms with Crippen LogP contribution in [0.1, 0.15) is 30.5 Å². The Morgan fingerprint density at radius 1 is 1.00 bits per heavy atom. The Morgan fingerprint density at radius 2 is 1.75 bits per heavy atom. The first kappa shape index (κ1) is 27.8. The van der Waals surface area contributed by atoms with Gasteiger partial charge in [0.25, 0.3) is 0 Å². The lowest BCUT2D eigenvalue weighted by Crippen LogP contribution is -2.47. The van der Waals surface area contributed by atoms with Gasteiger partial charge in [0, 0.05) is 43.0 Å². The zero-order chi connectivity index (χ0) is 28.2. The van der Waals surface area contributed by atoms with Crippen molar-refractivity contribution in [3.05, 3.63) is 76.3 Å². The molecule has 0 radical (unpaired) electrons. The van der Waals surface area contributed by atoms with Gasteiger partial charge in [-0.05, 0) is 25.4 Å². The van der Waals surface area contributed by atoms with Gasteiger partial charge in [-0.3, -0.25) is 4.79 Å². The Labute approximate surface area is 239 Å². The number of rotatable bonds is 8. The van der Waals surface area contributed by atoms with E-state index in [1.807, 2.05) is 63.7 Å². The lowest BCUT2D eigenvalue weighted by atomic mass is 9.90. The third kappa shape index (κ3) is 5.33. The number of aliphatic imine (C=N–C) groups is 1. The van der Waals surface area contributed by atoms with Crippen molar-refractivity contribution in [1.29, 1.82) is 0 Å². The predicted molar refractivity (Wildman–Crippen MR) is 156 cm³/mol. The molecule has 3 aliphatic heterocycles. The van der Waals surface area contributed by atoms with Gasteiger partial charge in [-0.15, -0.1) is 0 Å². The lowest BCUT2D eigenvalue weighted by Gasteiger charge is -2.38. The molecule has 0 aliphatic carbocycles. The second-order valence-corrected chi connectivity index (χ2v) is 10.5. The second kappa shape index (κ2) is 12.2. The molecule has 1 atom stereocenters. The fraction of sp³-hybridized carbons (Fsp3) is 0.367. The van der Waals surface area contributed by atoms with Gasteiger partial charge >= 0.3 is 5.97 Å². The first-order valence-electron chi connectivity index (χ1n) is 13.3. The molecule has 1 unspecified atom stereocenters. The van der Waals surface area contributed by atoms with E-state index in [0.29, 0.717) is 46.6 Å². The summed E-state index contributed by atoms with van der Waals surface area (Å²) in [5, 5.41) is 2.64. The summed E-state index contributed by atoms with van der Waals surface area (Å²) in [4.78, 5) is 38.3. The smallest absolute Gasteiger partial charge is 0.338 e. The number of hydrogen-bond acceptors (Lipinski definition) is 9. The first-order chi connectivity index (χ1) is 19.5. The van der Waals surface area contributed by atoms with Crippen molar-refractivity contribution in [3.63, 3.8) is 0 Å². The van der Waals surface area contributed by atoms with Crippen molar-refractivity contribution in [2.75, 3.05) is 54.1 Å². The highest BCUT2D eigenvalue weighted by molar-refractivity contribution is 8.16. The molecule has 0 bridgehead atoms. The van der Waals surface area contributed by atoms with Gasteiger partial charge in [0.05, 0.1) is 44.6 Å². The van der Waals surface area contributed by atoms with Crippen molar-refractivity contribution in [1.82, 2.24) is 14.7 Å². The minimum absolute atomic E-state index is 0.0491. The molecule has 3 heterocycles. The molecular formula is C30H34N4O5S. The number of para-hydroxylation sites is 1. The quantitative estimate of drug-likeness (QED) is 0.444. The Morgan fingerprint density at radius 3 is 2.42 bits per heavy atom. The van der Waals surface area contributed by atoms with E-state index < -0.39 is 12.0 Å². The average Bonchev–Trinajstić information content (AvgIpc) is 3.38. The third-order valence-corrected chi connectivity index (χ3v) is 8.16. The molecule has 2 aromatic rings. The molecule has 0 N–H and O–H groups in total. The molecule has 2 aromatic carbocycles. The summed E-state index contributed by atoms with van der Waals surface area (Å²) in [6, 6.07) is 14.6. The van der Waals surface area contributed by atoms with Crippen molar-refractivity contribution in [2.24, 2.45) is 4.99 Å². The molecule has 9 nitrogen and oxygen atoms in total. The van der Waals surface area contributed by atoms with Crippen LogP contribution >= 0.6 is 11.8 Å². The van der Waals surface area contributed by atoms with Crippen molar-refractivity contribution >= 4 is 34.5 Å². The summed E-state index contributed by atoms with van der Waals surface area (Å²) in [6.45, 7) is 5.06. The summed E-state index contributed by atoms with van der Waals surface area (Å²) in [7, 11) is 5.23. The van der Waals surface area contributed by atoms with Gasteiger partial charge in [0.1, 0.15) is 0 Å². The van der Waals surface area contributed by atoms with Gasteiger partial charge in [0.2, 0.25) is 5.91 Å². The molecule has 0 spiro atoms. The highest BCUT2D eigenvalue weighted by Gasteiger charge is 2.44. The maximum absolute atomic E-state index is 13.8. The van der Waals surface area contributed by atoms with Crippen LogP contribution < -0.4 is 9.47 Å². The van der Waals surface area contributed by atoms with Crippen LogP contribution in [-0.2, 0) is 14.3 Å². The molecule has 0 saturated carbocycles. The minimum atomic E-state index is -0.659. The molecule has 40 heavy (non-hydrogen) atoms. The average molecular weight is 563 g/mol. The molecule has 10 heteroatoms. The number of carbonyl (C=O) groups excluding carboxylic acids is 2. The number of fused-ring (bicyclic) bond motifs is 1. The number of amides is 1. The monoisotopic (exact) mass is 562 g/mol. The number of likely N-dealkylation sites (N-methyl/N-ethyl adjacent to an activating group) is 1. The molecule has 1 amide bonds. The van der Waals surface area contributed by atoms with Crippen LogP contribution in [0.15, 0.2) is 70.2 Å². The zero-order valence-corrected chi connectivity index (χ0v) is 24.1. The maximum Gasteiger partial charge on any atom is 0.338 e. The lowest BCUT2D eigenvalue weighted by molar-refractivity contribution is -0.139. The van der Waals surface area contributed by atoms with Gasteiger partial charge in [-0.1, -0.05) is 54.2 Å². The third-order valence-electron chi connectivity index (χ3n) is 7.27. The van der Waals surface area contributed by atoms with E-state index in [0.717, 1.165) is 24.4 Å². The number of amidine groups is 1. The van der Waals surface area contributed by atoms with Crippen LogP contribution in [0.25, 0.3) is 5.70 Å². The highest BCUT2D eigenvalue weighted by atomic mass is 32.2. The van der Waals surface area contributed by atoms with Gasteiger partial charge in [0.15, 0.2) is 16.7 Å². The van der Waals surface area contributed by atoms with Gasteiger partial charge in [-0.25, -0.2) is 9.79 Å². The Kier molecular flexibility index (Phi) is 8.46. The molecule has 210 valence electrons. The predicted octanol–water partition coefficient (Wildman–Crippen LogP) is 4.14. The first-order valence-corrected chi connectivity index (χ1v) is 14.2. The van der Waals surface area contributed by atoms with Crippen LogP contribution in [0.2, 0.25) is 0 Å². The van der Waals surface area contributed by atoms with E-state index >= 15 is 0 Å². The fourth-order valence-corrected chi connectivity index (χ4v) is 6.15. The van der Waals surface area contributed by atoms with Crippen LogP contribution in [0.3, 0.4) is 0 Å². The number of ether oxygens (including phenoxy) is 3. The van der Waals surface area contributed by atoms with Gasteiger partial charge < -0.3 is 28.9 Å². The van der Waals surface area contributed by atoms with Gasteiger partial charge in [-0.2, -0.15) is 0 Å². The van der Waals surface area contributed by atoms with Crippen LogP contribution in [0.5, 0.6) is 11.5 Å². The standard InChI is InChI=1S/C30H34N4O5S/c1-5-39-29(36)25-26(20-10-7-6-8-11-20)31-30-34(27(25)22-12-9-13-23(37-3)28(22)38-4)21(19-40-30)18-24(35)33-16-14-32(2)15-17-33/h6-13,19,27H,5,14-18H2,1-4H3. The number of piperazine rings is 1. The molecule has 0 aromatic heterocycles. The van der Waals surface area contributed by atoms with Crippen LogP contribution in [0, 0.1) is 0 Å². The fourth-order valence-electron chi connectivity index (χ4n) is 5.23. The topological polar surface area (TPSA) is 83.9 Å². The molecular weight excluding hydrogens is 528 g/mol. The Balaban J connectivity index is 1.64. The number of hydrogen-bond donors (Lipinski definition) is 0. The number of esters is 1. The summed E-state index contributed by atoms with van der Waals surface area (Å²) >= 11 is 1.45. The molecule has 5 rings (SSSR count). The van der Waals surface area contributed by atoms with E-state index in [4.69, 9.17) is 19.2 Å². The number of nitrogens with zero attached hydrogens (tertiary/aromatic N) is 4. The van der Waals surface area contributed by atoms with Crippen molar-refractivity contribution in [3.8, 4) is 11.5 Å². The van der Waals surface area contributed by atoms with Crippen molar-refractivity contribution < 1.29 is 23.8 Å². The molecule has 3 aliphatic rings. The molecule has 1 saturated heterocycles. The number of carbonyl (C=O) groups is 2. The Bertz CT molecular complexity index is 1370. The number of thioether (sulfide) groups is 1. The SMILES string of the molecule is CCOC(=O)C1=C(c2ccccc2)N=C2SC=C(CC(=O)N3CCN(C)CC3)N2C1c1cccc(OC)c1OC. The summed E-state index contributed by atoms with van der Waals surface area (Å²) in [5.74, 6) is 0.625. The van der Waals surface area contributed by atoms with E-state index in [-0.39, 0.29) is 18.9 Å². The largest absolute Gasteiger partial charge is 0.493 e. The maximum atomic E-state index is 13.8. The van der Waals surface area contributed by atoms with E-state index in [2.05, 4.69) is 11.9 Å². The Hall–Kier alpha value is -3.76. The van der Waals surface area contributed by atoms with Crippen LogP contribution in [-0.4, -0.2) is 85.8 Å². The number of methoxy groups -OCH3 is 2. The van der Waals surface area contributed by atoms with Crippen LogP contribution in [0.4, 0.5) is 0 Å². The highest BCUT2D eigenvalue weighted by Crippen LogP contribution is 2.50. The minimum Gasteiger partial charge on any atom is -0.493 e. The summed E-state index contributed by atoms with van der Waals surface area (Å²) in [5.41, 5.74) is 3.20. The normalized spacial score (nSPS) is 19.1. The van der Waals surface area contributed by atoms with E-state index in [9.17, 15) is 9.59 Å². The van der Waals surface area contributed by atoms with E-state index in [1.165, 1.54) is 11.8 Å². The zero-order valence-electron chi connectivity index (χ0n) is 23.3. The van der Waals surface area contributed by atoms with Crippen molar-refractivity contribution in [2.45, 2.75) is 19.4 Å². The van der Waals surface area contributed by atoms with E-state index in [1.54, 1.807) is 21.1 Å². The summed E-state index contributed by atoms with van der Waals surface area (Å²) < 4.78 is 17.1. The number of benzene rings is 2. The second-order valence-electron chi connectivity index (χ2n) is 9.69. The summed E-state index contributed by atoms with van der Waals surface area (Å²) in [6.07, 6.45) is 0.190.